The van der Waals surface area contributed by atoms with Gasteiger partial charge in [0.05, 0.1) is 12.5 Å². The maximum atomic E-state index is 11.8. The van der Waals surface area contributed by atoms with Gasteiger partial charge in [-0.15, -0.1) is 0 Å². The van der Waals surface area contributed by atoms with Crippen molar-refractivity contribution in [3.8, 4) is 11.4 Å². The first-order valence-corrected chi connectivity index (χ1v) is 6.36. The number of hydrogen-bond acceptors (Lipinski definition) is 4. The number of benzene rings is 1. The molecule has 2 rings (SSSR count). The fourth-order valence-corrected chi connectivity index (χ4v) is 1.77. The molecule has 0 aliphatic carbocycles. The Bertz CT molecular complexity index is 577. The molecule has 1 heterocycles. The monoisotopic (exact) mass is 274 g/mol. The van der Waals surface area contributed by atoms with E-state index in [9.17, 15) is 4.79 Å². The molecule has 1 aromatic carbocycles. The summed E-state index contributed by atoms with van der Waals surface area (Å²) in [5.74, 6) is 0.422. The molecule has 0 saturated carbocycles. The molecule has 1 amide bonds. The number of rotatable bonds is 5. The molecule has 1 atom stereocenters. The molecule has 0 saturated heterocycles. The summed E-state index contributed by atoms with van der Waals surface area (Å²) in [5.41, 5.74) is 1.66. The molecule has 6 heteroatoms. The van der Waals surface area contributed by atoms with Crippen LogP contribution >= 0.6 is 0 Å². The first-order chi connectivity index (χ1) is 9.60. The highest BCUT2D eigenvalue weighted by atomic mass is 16.5. The molecule has 20 heavy (non-hydrogen) atoms. The van der Waals surface area contributed by atoms with Gasteiger partial charge in [-0.3, -0.25) is 9.48 Å². The number of ether oxygens (including phenoxy) is 1. The van der Waals surface area contributed by atoms with E-state index in [1.54, 1.807) is 18.1 Å². The molecule has 2 aromatic rings. The Labute approximate surface area is 117 Å². The van der Waals surface area contributed by atoms with Crippen molar-refractivity contribution < 1.29 is 9.53 Å². The Balaban J connectivity index is 2.03. The number of methoxy groups -OCH3 is 1. The van der Waals surface area contributed by atoms with Crippen molar-refractivity contribution in [2.24, 2.45) is 13.0 Å². The quantitative estimate of drug-likeness (QED) is 0.901. The van der Waals surface area contributed by atoms with Gasteiger partial charge in [0.1, 0.15) is 6.33 Å². The molecule has 1 N–H and O–H groups in total. The average Bonchev–Trinajstić information content (AvgIpc) is 2.86. The molecular formula is C14H18N4O2. The molecular weight excluding hydrogens is 256 g/mol. The summed E-state index contributed by atoms with van der Waals surface area (Å²) in [7, 11) is 3.40. The molecule has 0 bridgehead atoms. The molecule has 0 spiro atoms. The van der Waals surface area contributed by atoms with Crippen LogP contribution in [0.3, 0.4) is 0 Å². The average molecular weight is 274 g/mol. The van der Waals surface area contributed by atoms with Gasteiger partial charge in [0.25, 0.3) is 0 Å². The third kappa shape index (κ3) is 3.42. The van der Waals surface area contributed by atoms with Crippen LogP contribution in [0.2, 0.25) is 0 Å². The summed E-state index contributed by atoms with van der Waals surface area (Å²) in [4.78, 5) is 16.0. The van der Waals surface area contributed by atoms with Gasteiger partial charge in [-0.2, -0.15) is 5.10 Å². The van der Waals surface area contributed by atoms with E-state index in [0.29, 0.717) is 12.4 Å². The standard InChI is InChI=1S/C14H18N4O2/c1-10(8-20-3)14(19)16-12-6-4-11(5-7-12)13-15-9-18(2)17-13/h4-7,9-10H,8H2,1-3H3,(H,16,19)/t10-/m0/s1. The number of nitrogens with one attached hydrogen (secondary N) is 1. The van der Waals surface area contributed by atoms with E-state index in [2.05, 4.69) is 15.4 Å². The minimum Gasteiger partial charge on any atom is -0.384 e. The molecule has 0 unspecified atom stereocenters. The number of hydrogen-bond donors (Lipinski definition) is 1. The fourth-order valence-electron chi connectivity index (χ4n) is 1.77. The number of aromatic nitrogens is 3. The summed E-state index contributed by atoms with van der Waals surface area (Å²) >= 11 is 0. The predicted molar refractivity (Wildman–Crippen MR) is 76.1 cm³/mol. The molecule has 0 aliphatic rings. The van der Waals surface area contributed by atoms with Gasteiger partial charge in [0.15, 0.2) is 5.82 Å². The maximum absolute atomic E-state index is 11.8. The van der Waals surface area contributed by atoms with Crippen molar-refractivity contribution in [3.05, 3.63) is 30.6 Å². The minimum atomic E-state index is -0.183. The zero-order chi connectivity index (χ0) is 14.5. The van der Waals surface area contributed by atoms with E-state index in [0.717, 1.165) is 11.3 Å². The molecule has 0 fully saturated rings. The highest BCUT2D eigenvalue weighted by Crippen LogP contribution is 2.18. The smallest absolute Gasteiger partial charge is 0.229 e. The van der Waals surface area contributed by atoms with E-state index < -0.39 is 0 Å². The molecule has 0 radical (unpaired) electrons. The Hall–Kier alpha value is -2.21. The van der Waals surface area contributed by atoms with Crippen LogP contribution in [0.5, 0.6) is 0 Å². The van der Waals surface area contributed by atoms with Crippen LogP contribution in [0.25, 0.3) is 11.4 Å². The maximum Gasteiger partial charge on any atom is 0.229 e. The highest BCUT2D eigenvalue weighted by molar-refractivity contribution is 5.92. The normalized spacial score (nSPS) is 12.2. The zero-order valence-electron chi connectivity index (χ0n) is 11.8. The van der Waals surface area contributed by atoms with Crippen LogP contribution in [0, 0.1) is 5.92 Å². The van der Waals surface area contributed by atoms with Crippen molar-refractivity contribution in [3.63, 3.8) is 0 Å². The van der Waals surface area contributed by atoms with Crippen molar-refractivity contribution in [1.29, 1.82) is 0 Å². The lowest BCUT2D eigenvalue weighted by atomic mass is 10.1. The summed E-state index contributed by atoms with van der Waals surface area (Å²) in [6.45, 7) is 2.23. The Morgan fingerprint density at radius 2 is 2.10 bits per heavy atom. The Kier molecular flexibility index (Phi) is 4.47. The summed E-state index contributed by atoms with van der Waals surface area (Å²) in [5, 5.41) is 7.07. The largest absolute Gasteiger partial charge is 0.384 e. The highest BCUT2D eigenvalue weighted by Gasteiger charge is 2.12. The van der Waals surface area contributed by atoms with Crippen molar-refractivity contribution in [2.45, 2.75) is 6.92 Å². The SMILES string of the molecule is COC[C@H](C)C(=O)Nc1ccc(-c2ncn(C)n2)cc1. The molecule has 1 aromatic heterocycles. The topological polar surface area (TPSA) is 69.0 Å². The number of nitrogens with zero attached hydrogens (tertiary/aromatic N) is 3. The van der Waals surface area contributed by atoms with E-state index in [1.165, 1.54) is 0 Å². The second-order valence-corrected chi connectivity index (χ2v) is 4.66. The van der Waals surface area contributed by atoms with Crippen LogP contribution in [0.15, 0.2) is 30.6 Å². The molecule has 106 valence electrons. The summed E-state index contributed by atoms with van der Waals surface area (Å²) in [6.07, 6.45) is 1.65. The lowest BCUT2D eigenvalue weighted by molar-refractivity contribution is -0.120. The number of carbonyl (C=O) groups is 1. The van der Waals surface area contributed by atoms with Crippen LogP contribution in [-0.2, 0) is 16.6 Å². The zero-order valence-corrected chi connectivity index (χ0v) is 11.8. The van der Waals surface area contributed by atoms with Gasteiger partial charge in [-0.05, 0) is 24.3 Å². The Morgan fingerprint density at radius 3 is 2.65 bits per heavy atom. The lowest BCUT2D eigenvalue weighted by Gasteiger charge is -2.11. The molecule has 6 nitrogen and oxygen atoms in total. The summed E-state index contributed by atoms with van der Waals surface area (Å²) in [6, 6.07) is 7.43. The number of anilines is 1. The number of amides is 1. The fraction of sp³-hybridized carbons (Fsp3) is 0.357. The van der Waals surface area contributed by atoms with E-state index in [4.69, 9.17) is 4.74 Å². The lowest BCUT2D eigenvalue weighted by Crippen LogP contribution is -2.23. The van der Waals surface area contributed by atoms with Crippen molar-refractivity contribution in [1.82, 2.24) is 14.8 Å². The van der Waals surface area contributed by atoms with Crippen molar-refractivity contribution >= 4 is 11.6 Å². The first-order valence-electron chi connectivity index (χ1n) is 6.36. The number of aryl methyl sites for hydroxylation is 1. The first kappa shape index (κ1) is 14.2. The third-order valence-electron chi connectivity index (χ3n) is 2.87. The van der Waals surface area contributed by atoms with Gasteiger partial charge in [-0.25, -0.2) is 4.98 Å². The molecule has 0 aliphatic heterocycles. The van der Waals surface area contributed by atoms with Crippen LogP contribution < -0.4 is 5.32 Å². The van der Waals surface area contributed by atoms with Gasteiger partial charge in [0, 0.05) is 25.4 Å². The predicted octanol–water partition coefficient (Wildman–Crippen LogP) is 1.70. The minimum absolute atomic E-state index is 0.0597. The van der Waals surface area contributed by atoms with Crippen LogP contribution in [0.4, 0.5) is 5.69 Å². The van der Waals surface area contributed by atoms with Gasteiger partial charge < -0.3 is 10.1 Å². The second-order valence-electron chi connectivity index (χ2n) is 4.66. The second kappa shape index (κ2) is 6.29. The van der Waals surface area contributed by atoms with Gasteiger partial charge >= 0.3 is 0 Å². The third-order valence-corrected chi connectivity index (χ3v) is 2.87. The Morgan fingerprint density at radius 1 is 1.40 bits per heavy atom. The van der Waals surface area contributed by atoms with Gasteiger partial charge in [-0.1, -0.05) is 6.92 Å². The van der Waals surface area contributed by atoms with Crippen LogP contribution in [0.1, 0.15) is 6.92 Å². The van der Waals surface area contributed by atoms with Gasteiger partial charge in [0.2, 0.25) is 5.91 Å². The van der Waals surface area contributed by atoms with E-state index >= 15 is 0 Å². The van der Waals surface area contributed by atoms with Crippen LogP contribution in [-0.4, -0.2) is 34.4 Å². The van der Waals surface area contributed by atoms with E-state index in [1.807, 2.05) is 38.2 Å². The summed E-state index contributed by atoms with van der Waals surface area (Å²) < 4.78 is 6.61. The van der Waals surface area contributed by atoms with E-state index in [-0.39, 0.29) is 11.8 Å². The number of carbonyl (C=O) groups excluding carboxylic acids is 1. The van der Waals surface area contributed by atoms with Crippen molar-refractivity contribution in [2.75, 3.05) is 19.0 Å².